The van der Waals surface area contributed by atoms with E-state index in [1.54, 1.807) is 12.1 Å². The van der Waals surface area contributed by atoms with E-state index >= 15 is 0 Å². The molecule has 1 atom stereocenters. The molecule has 0 saturated carbocycles. The number of rotatable bonds is 5. The number of benzene rings is 1. The molecular formula is C14H18FNO3. The largest absolute Gasteiger partial charge is 0.394 e. The van der Waals surface area contributed by atoms with E-state index in [1.165, 1.54) is 12.1 Å². The Morgan fingerprint density at radius 2 is 2.26 bits per heavy atom. The van der Waals surface area contributed by atoms with E-state index in [9.17, 15) is 9.18 Å². The van der Waals surface area contributed by atoms with Crippen molar-refractivity contribution in [1.29, 1.82) is 0 Å². The third-order valence-corrected chi connectivity index (χ3v) is 3.26. The minimum absolute atomic E-state index is 0.0161. The zero-order valence-electron chi connectivity index (χ0n) is 10.7. The SMILES string of the molecule is O=C(CCN1CCOC(CO)C1)c1ccccc1F. The van der Waals surface area contributed by atoms with Crippen LogP contribution in [0.1, 0.15) is 16.8 Å². The highest BCUT2D eigenvalue weighted by Crippen LogP contribution is 2.11. The normalized spacial score (nSPS) is 20.4. The lowest BCUT2D eigenvalue weighted by Crippen LogP contribution is -2.44. The van der Waals surface area contributed by atoms with Crippen molar-refractivity contribution in [3.8, 4) is 0 Å². The van der Waals surface area contributed by atoms with Crippen molar-refractivity contribution in [2.45, 2.75) is 12.5 Å². The molecule has 0 amide bonds. The van der Waals surface area contributed by atoms with E-state index < -0.39 is 5.82 Å². The summed E-state index contributed by atoms with van der Waals surface area (Å²) >= 11 is 0. The fourth-order valence-electron chi connectivity index (χ4n) is 2.18. The number of ketones is 1. The Balaban J connectivity index is 1.85. The predicted octanol–water partition coefficient (Wildman–Crippen LogP) is 1.09. The number of ether oxygens (including phenoxy) is 1. The van der Waals surface area contributed by atoms with Crippen LogP contribution in [-0.2, 0) is 4.74 Å². The molecule has 19 heavy (non-hydrogen) atoms. The topological polar surface area (TPSA) is 49.8 Å². The highest BCUT2D eigenvalue weighted by atomic mass is 19.1. The lowest BCUT2D eigenvalue weighted by Gasteiger charge is -2.31. The molecule has 4 nitrogen and oxygen atoms in total. The number of carbonyl (C=O) groups excluding carboxylic acids is 1. The molecule has 1 fully saturated rings. The van der Waals surface area contributed by atoms with Crippen LogP contribution in [0, 0.1) is 5.82 Å². The maximum Gasteiger partial charge on any atom is 0.167 e. The second-order valence-corrected chi connectivity index (χ2v) is 4.63. The number of hydrogen-bond donors (Lipinski definition) is 1. The number of halogens is 1. The Bertz CT molecular complexity index is 438. The Morgan fingerprint density at radius 3 is 3.00 bits per heavy atom. The summed E-state index contributed by atoms with van der Waals surface area (Å²) in [6.07, 6.45) is 0.0938. The molecule has 1 aliphatic heterocycles. The van der Waals surface area contributed by atoms with Gasteiger partial charge in [0.25, 0.3) is 0 Å². The number of nitrogens with zero attached hydrogens (tertiary/aromatic N) is 1. The molecule has 0 aromatic heterocycles. The van der Waals surface area contributed by atoms with E-state index in [4.69, 9.17) is 9.84 Å². The average Bonchev–Trinajstić information content (AvgIpc) is 2.45. The molecule has 1 unspecified atom stereocenters. The monoisotopic (exact) mass is 267 g/mol. The van der Waals surface area contributed by atoms with E-state index in [0.29, 0.717) is 19.7 Å². The third kappa shape index (κ3) is 3.83. The van der Waals surface area contributed by atoms with Crippen molar-refractivity contribution in [3.05, 3.63) is 35.6 Å². The van der Waals surface area contributed by atoms with E-state index in [-0.39, 0.29) is 30.5 Å². The first-order chi connectivity index (χ1) is 9.20. The maximum atomic E-state index is 13.4. The fraction of sp³-hybridized carbons (Fsp3) is 0.500. The summed E-state index contributed by atoms with van der Waals surface area (Å²) in [5, 5.41) is 9.03. The van der Waals surface area contributed by atoms with Crippen LogP contribution in [0.4, 0.5) is 4.39 Å². The minimum atomic E-state index is -0.470. The summed E-state index contributed by atoms with van der Waals surface area (Å²) in [5.74, 6) is -0.659. The molecule has 1 heterocycles. The number of carbonyl (C=O) groups is 1. The van der Waals surface area contributed by atoms with Gasteiger partial charge >= 0.3 is 0 Å². The van der Waals surface area contributed by atoms with Gasteiger partial charge in [0.15, 0.2) is 5.78 Å². The summed E-state index contributed by atoms with van der Waals surface area (Å²) < 4.78 is 18.8. The molecule has 0 radical (unpaired) electrons. The van der Waals surface area contributed by atoms with Gasteiger partial charge in [-0.05, 0) is 12.1 Å². The van der Waals surface area contributed by atoms with Crippen molar-refractivity contribution in [2.75, 3.05) is 32.8 Å². The molecular weight excluding hydrogens is 249 g/mol. The van der Waals surface area contributed by atoms with Crippen molar-refractivity contribution in [3.63, 3.8) is 0 Å². The van der Waals surface area contributed by atoms with Crippen molar-refractivity contribution in [2.24, 2.45) is 0 Å². The van der Waals surface area contributed by atoms with Crippen LogP contribution in [0.3, 0.4) is 0 Å². The Hall–Kier alpha value is -1.30. The molecule has 2 rings (SSSR count). The Labute approximate surface area is 111 Å². The van der Waals surface area contributed by atoms with E-state index in [1.807, 2.05) is 0 Å². The summed E-state index contributed by atoms with van der Waals surface area (Å²) in [7, 11) is 0. The van der Waals surface area contributed by atoms with E-state index in [0.717, 1.165) is 6.54 Å². The number of aliphatic hydroxyl groups excluding tert-OH is 1. The van der Waals surface area contributed by atoms with Crippen LogP contribution >= 0.6 is 0 Å². The van der Waals surface area contributed by atoms with Gasteiger partial charge in [-0.25, -0.2) is 4.39 Å². The van der Waals surface area contributed by atoms with Crippen molar-refractivity contribution >= 4 is 5.78 Å². The van der Waals surface area contributed by atoms with Crippen LogP contribution in [0.25, 0.3) is 0 Å². The molecule has 0 spiro atoms. The molecule has 1 N–H and O–H groups in total. The highest BCUT2D eigenvalue weighted by molar-refractivity contribution is 5.96. The summed E-state index contributed by atoms with van der Waals surface area (Å²) in [4.78, 5) is 14.0. The molecule has 1 saturated heterocycles. The molecule has 1 aliphatic rings. The predicted molar refractivity (Wildman–Crippen MR) is 68.6 cm³/mol. The molecule has 104 valence electrons. The van der Waals surface area contributed by atoms with Crippen LogP contribution in [-0.4, -0.2) is 54.7 Å². The van der Waals surface area contributed by atoms with Gasteiger partial charge < -0.3 is 9.84 Å². The first-order valence-electron chi connectivity index (χ1n) is 6.43. The Morgan fingerprint density at radius 1 is 1.47 bits per heavy atom. The molecule has 1 aromatic carbocycles. The number of aliphatic hydroxyl groups is 1. The molecule has 1 aromatic rings. The molecule has 0 bridgehead atoms. The lowest BCUT2D eigenvalue weighted by molar-refractivity contribution is -0.0523. The maximum absolute atomic E-state index is 13.4. The van der Waals surface area contributed by atoms with Gasteiger partial charge in [-0.15, -0.1) is 0 Å². The van der Waals surface area contributed by atoms with Gasteiger partial charge in [-0.1, -0.05) is 12.1 Å². The van der Waals surface area contributed by atoms with Gasteiger partial charge in [0.2, 0.25) is 0 Å². The highest BCUT2D eigenvalue weighted by Gasteiger charge is 2.20. The Kier molecular flexibility index (Phi) is 5.01. The standard InChI is InChI=1S/C14H18FNO3/c15-13-4-2-1-3-12(13)14(18)5-6-16-7-8-19-11(9-16)10-17/h1-4,11,17H,5-10H2. The van der Waals surface area contributed by atoms with Crippen molar-refractivity contribution < 1.29 is 19.0 Å². The number of hydrogen-bond acceptors (Lipinski definition) is 4. The fourth-order valence-corrected chi connectivity index (χ4v) is 2.18. The quantitative estimate of drug-likeness (QED) is 0.811. The van der Waals surface area contributed by atoms with Gasteiger partial charge in [0, 0.05) is 26.1 Å². The molecule has 5 heteroatoms. The summed E-state index contributed by atoms with van der Waals surface area (Å²) in [5.41, 5.74) is 0.148. The van der Waals surface area contributed by atoms with Crippen LogP contribution < -0.4 is 0 Å². The molecule has 0 aliphatic carbocycles. The van der Waals surface area contributed by atoms with E-state index in [2.05, 4.69) is 4.90 Å². The first kappa shape index (κ1) is 14.1. The zero-order chi connectivity index (χ0) is 13.7. The zero-order valence-corrected chi connectivity index (χ0v) is 10.7. The third-order valence-electron chi connectivity index (χ3n) is 3.26. The van der Waals surface area contributed by atoms with Crippen LogP contribution in [0.2, 0.25) is 0 Å². The van der Waals surface area contributed by atoms with Gasteiger partial charge in [-0.2, -0.15) is 0 Å². The lowest BCUT2D eigenvalue weighted by atomic mass is 10.1. The minimum Gasteiger partial charge on any atom is -0.394 e. The second-order valence-electron chi connectivity index (χ2n) is 4.63. The van der Waals surface area contributed by atoms with Gasteiger partial charge in [-0.3, -0.25) is 9.69 Å². The van der Waals surface area contributed by atoms with Crippen LogP contribution in [0.15, 0.2) is 24.3 Å². The average molecular weight is 267 g/mol. The summed E-state index contributed by atoms with van der Waals surface area (Å²) in [6, 6.07) is 6.03. The van der Waals surface area contributed by atoms with Crippen molar-refractivity contribution in [1.82, 2.24) is 4.90 Å². The second kappa shape index (κ2) is 6.75. The van der Waals surface area contributed by atoms with Gasteiger partial charge in [0.05, 0.1) is 24.9 Å². The first-order valence-corrected chi connectivity index (χ1v) is 6.43. The smallest absolute Gasteiger partial charge is 0.167 e. The van der Waals surface area contributed by atoms with Gasteiger partial charge in [0.1, 0.15) is 5.82 Å². The number of morpholine rings is 1. The van der Waals surface area contributed by atoms with Crippen LogP contribution in [0.5, 0.6) is 0 Å². The summed E-state index contributed by atoms with van der Waals surface area (Å²) in [6.45, 7) is 2.45. The number of Topliss-reactive ketones (excluding diaryl/α,β-unsaturated/α-hetero) is 1.